The highest BCUT2D eigenvalue weighted by molar-refractivity contribution is 9.10. The Kier molecular flexibility index (Phi) is 4.44. The summed E-state index contributed by atoms with van der Waals surface area (Å²) in [7, 11) is -1.57. The van der Waals surface area contributed by atoms with E-state index in [4.69, 9.17) is 5.73 Å². The van der Waals surface area contributed by atoms with Crippen LogP contribution in [0.2, 0.25) is 0 Å². The zero-order valence-corrected chi connectivity index (χ0v) is 13.0. The quantitative estimate of drug-likeness (QED) is 0.834. The largest absolute Gasteiger partial charge is 0.383 e. The van der Waals surface area contributed by atoms with E-state index in [9.17, 15) is 8.42 Å². The lowest BCUT2D eigenvalue weighted by Crippen LogP contribution is -2.31. The molecular weight excluding hydrogens is 332 g/mol. The Labute approximate surface area is 121 Å². The molecule has 2 rings (SSSR count). The van der Waals surface area contributed by atoms with Crippen molar-refractivity contribution in [3.63, 3.8) is 0 Å². The molecule has 8 heteroatoms. The van der Waals surface area contributed by atoms with Crippen molar-refractivity contribution in [1.82, 2.24) is 14.6 Å². The van der Waals surface area contributed by atoms with Crippen LogP contribution in [0.3, 0.4) is 0 Å². The van der Waals surface area contributed by atoms with E-state index in [1.54, 1.807) is 0 Å². The van der Waals surface area contributed by atoms with Gasteiger partial charge in [0.05, 0.1) is 0 Å². The van der Waals surface area contributed by atoms with Crippen LogP contribution in [-0.2, 0) is 10.0 Å². The van der Waals surface area contributed by atoms with Crippen molar-refractivity contribution in [2.24, 2.45) is 5.92 Å². The van der Waals surface area contributed by atoms with Crippen LogP contribution in [0.15, 0.2) is 21.6 Å². The van der Waals surface area contributed by atoms with Crippen LogP contribution >= 0.6 is 15.9 Å². The summed E-state index contributed by atoms with van der Waals surface area (Å²) in [4.78, 5) is 6.05. The van der Waals surface area contributed by atoms with Gasteiger partial charge >= 0.3 is 0 Å². The number of halogens is 1. The zero-order valence-electron chi connectivity index (χ0n) is 10.6. The van der Waals surface area contributed by atoms with Crippen molar-refractivity contribution < 1.29 is 8.42 Å². The molecule has 0 saturated carbocycles. The number of hydrogen-bond acceptors (Lipinski definition) is 5. The molecule has 0 aliphatic carbocycles. The van der Waals surface area contributed by atoms with Gasteiger partial charge in [-0.25, -0.2) is 18.1 Å². The number of nitrogens with two attached hydrogens (primary N) is 1. The molecule has 1 aliphatic rings. The van der Waals surface area contributed by atoms with Crippen LogP contribution < -0.4 is 10.5 Å². The average Bonchev–Trinajstić information content (AvgIpc) is 2.76. The highest BCUT2D eigenvalue weighted by Crippen LogP contribution is 2.21. The maximum atomic E-state index is 12.2. The zero-order chi connectivity index (χ0) is 14.0. The molecule has 0 bridgehead atoms. The van der Waals surface area contributed by atoms with Crippen LogP contribution in [0.1, 0.15) is 6.42 Å². The van der Waals surface area contributed by atoms with E-state index in [-0.39, 0.29) is 10.7 Å². The second-order valence-corrected chi connectivity index (χ2v) is 7.46. The van der Waals surface area contributed by atoms with Gasteiger partial charge in [-0.1, -0.05) is 0 Å². The Morgan fingerprint density at radius 2 is 2.37 bits per heavy atom. The Balaban J connectivity index is 2.08. The molecule has 106 valence electrons. The molecule has 19 heavy (non-hydrogen) atoms. The summed E-state index contributed by atoms with van der Waals surface area (Å²) in [6.07, 6.45) is 2.48. The van der Waals surface area contributed by atoms with Crippen LogP contribution in [0.25, 0.3) is 0 Å². The number of rotatable bonds is 4. The summed E-state index contributed by atoms with van der Waals surface area (Å²) in [5.74, 6) is 0.361. The fourth-order valence-corrected chi connectivity index (χ4v) is 3.85. The third kappa shape index (κ3) is 3.65. The lowest BCUT2D eigenvalue weighted by molar-refractivity contribution is 0.394. The van der Waals surface area contributed by atoms with E-state index >= 15 is 0 Å². The van der Waals surface area contributed by atoms with Crippen LogP contribution in [-0.4, -0.2) is 45.0 Å². The molecule has 1 unspecified atom stereocenters. The van der Waals surface area contributed by atoms with E-state index in [0.717, 1.165) is 19.5 Å². The van der Waals surface area contributed by atoms with Crippen molar-refractivity contribution in [3.05, 3.63) is 16.7 Å². The van der Waals surface area contributed by atoms with Crippen LogP contribution in [0.5, 0.6) is 0 Å². The number of nitrogens with one attached hydrogen (secondary N) is 1. The van der Waals surface area contributed by atoms with Gasteiger partial charge < -0.3 is 10.6 Å². The van der Waals surface area contributed by atoms with Crippen molar-refractivity contribution in [2.45, 2.75) is 11.3 Å². The predicted octanol–water partition coefficient (Wildman–Crippen LogP) is 0.656. The SMILES string of the molecule is CN1CCC(CNS(=O)(=O)c2cc(Br)cnc2N)C1. The fourth-order valence-electron chi connectivity index (χ4n) is 2.14. The molecule has 1 aromatic rings. The van der Waals surface area contributed by atoms with Gasteiger partial charge in [0.15, 0.2) is 0 Å². The highest BCUT2D eigenvalue weighted by Gasteiger charge is 2.24. The van der Waals surface area contributed by atoms with Crippen molar-refractivity contribution in [2.75, 3.05) is 32.4 Å². The number of aromatic nitrogens is 1. The maximum absolute atomic E-state index is 12.2. The second-order valence-electron chi connectivity index (χ2n) is 4.81. The first-order chi connectivity index (χ1) is 8.88. The molecule has 2 heterocycles. The van der Waals surface area contributed by atoms with E-state index in [1.165, 1.54) is 12.3 Å². The summed E-state index contributed by atoms with van der Waals surface area (Å²) in [6.45, 7) is 2.35. The molecule has 0 spiro atoms. The lowest BCUT2D eigenvalue weighted by Gasteiger charge is -2.13. The lowest BCUT2D eigenvalue weighted by atomic mass is 10.1. The minimum Gasteiger partial charge on any atom is -0.383 e. The highest BCUT2D eigenvalue weighted by atomic mass is 79.9. The minimum absolute atomic E-state index is 0.0132. The Morgan fingerprint density at radius 3 is 3.00 bits per heavy atom. The van der Waals surface area contributed by atoms with Gasteiger partial charge in [0, 0.05) is 23.8 Å². The predicted molar refractivity (Wildman–Crippen MR) is 77.1 cm³/mol. The second kappa shape index (κ2) is 5.74. The summed E-state index contributed by atoms with van der Waals surface area (Å²) in [5.41, 5.74) is 5.62. The maximum Gasteiger partial charge on any atom is 0.244 e. The van der Waals surface area contributed by atoms with E-state index in [2.05, 4.69) is 30.5 Å². The first-order valence-electron chi connectivity index (χ1n) is 5.98. The molecule has 1 fully saturated rings. The molecular formula is C11H17BrN4O2S. The summed E-state index contributed by atoms with van der Waals surface area (Å²) in [5, 5.41) is 0. The number of pyridine rings is 1. The molecule has 0 radical (unpaired) electrons. The Morgan fingerprint density at radius 1 is 1.63 bits per heavy atom. The summed E-state index contributed by atoms with van der Waals surface area (Å²) >= 11 is 3.20. The smallest absolute Gasteiger partial charge is 0.244 e. The molecule has 0 aromatic carbocycles. The Bertz CT molecular complexity index is 564. The standard InChI is InChI=1S/C11H17BrN4O2S/c1-16-3-2-8(7-16)5-15-19(17,18)10-4-9(12)6-14-11(10)13/h4,6,8,15H,2-3,5,7H2,1H3,(H2,13,14). The first kappa shape index (κ1) is 14.7. The first-order valence-corrected chi connectivity index (χ1v) is 8.25. The van der Waals surface area contributed by atoms with Crippen molar-refractivity contribution in [3.8, 4) is 0 Å². The molecule has 3 N–H and O–H groups in total. The number of hydrogen-bond donors (Lipinski definition) is 2. The van der Waals surface area contributed by atoms with E-state index in [0.29, 0.717) is 16.9 Å². The number of nitrogens with zero attached hydrogens (tertiary/aromatic N) is 2. The van der Waals surface area contributed by atoms with Gasteiger partial charge in [0.1, 0.15) is 10.7 Å². The fraction of sp³-hybridized carbons (Fsp3) is 0.545. The van der Waals surface area contributed by atoms with E-state index in [1.807, 2.05) is 7.05 Å². The monoisotopic (exact) mass is 348 g/mol. The third-order valence-corrected chi connectivity index (χ3v) is 5.08. The third-order valence-electron chi connectivity index (χ3n) is 3.19. The molecule has 0 amide bonds. The average molecular weight is 349 g/mol. The summed E-state index contributed by atoms with van der Waals surface area (Å²) in [6, 6.07) is 1.46. The number of nitrogen functional groups attached to an aromatic ring is 1. The van der Waals surface area contributed by atoms with Crippen molar-refractivity contribution in [1.29, 1.82) is 0 Å². The normalized spacial score (nSPS) is 20.8. The van der Waals surface area contributed by atoms with Gasteiger partial charge in [-0.2, -0.15) is 0 Å². The number of anilines is 1. The number of likely N-dealkylation sites (tertiary alicyclic amines) is 1. The van der Waals surface area contributed by atoms with E-state index < -0.39 is 10.0 Å². The molecule has 1 aromatic heterocycles. The van der Waals surface area contributed by atoms with Gasteiger partial charge in [0.25, 0.3) is 0 Å². The van der Waals surface area contributed by atoms with Gasteiger partial charge in [0.2, 0.25) is 10.0 Å². The van der Waals surface area contributed by atoms with Gasteiger partial charge in [-0.3, -0.25) is 0 Å². The van der Waals surface area contributed by atoms with Gasteiger partial charge in [-0.15, -0.1) is 0 Å². The molecule has 1 atom stereocenters. The van der Waals surface area contributed by atoms with Crippen LogP contribution in [0, 0.1) is 5.92 Å². The Hall–Kier alpha value is -0.700. The number of sulfonamides is 1. The summed E-state index contributed by atoms with van der Waals surface area (Å²) < 4.78 is 27.6. The molecule has 1 aliphatic heterocycles. The van der Waals surface area contributed by atoms with Crippen molar-refractivity contribution >= 4 is 31.8 Å². The molecule has 6 nitrogen and oxygen atoms in total. The molecule has 1 saturated heterocycles. The minimum atomic E-state index is -3.60. The van der Waals surface area contributed by atoms with Gasteiger partial charge in [-0.05, 0) is 47.9 Å². The van der Waals surface area contributed by atoms with Crippen LogP contribution in [0.4, 0.5) is 5.82 Å². The topological polar surface area (TPSA) is 88.3 Å².